The van der Waals surface area contributed by atoms with Gasteiger partial charge in [0.15, 0.2) is 5.82 Å². The molecule has 2 rings (SSSR count). The maximum absolute atomic E-state index is 9.24. The van der Waals surface area contributed by atoms with Crippen LogP contribution in [0.5, 0.6) is 0 Å². The standard InChI is InChI=1S/C13H20ClN3O3/c1-3-19-8-12-15-11(14)4-13(16-12)17-5-10(6-18)20-7-9(17)2/h4,9-10,18H,3,5-8H2,1-2H3. The second kappa shape index (κ2) is 7.17. The van der Waals surface area contributed by atoms with Gasteiger partial charge in [-0.1, -0.05) is 11.6 Å². The van der Waals surface area contributed by atoms with E-state index in [-0.39, 0.29) is 18.8 Å². The van der Waals surface area contributed by atoms with Crippen molar-refractivity contribution in [3.63, 3.8) is 0 Å². The molecule has 0 spiro atoms. The monoisotopic (exact) mass is 301 g/mol. The van der Waals surface area contributed by atoms with Crippen LogP contribution in [-0.4, -0.2) is 53.6 Å². The fourth-order valence-corrected chi connectivity index (χ4v) is 2.30. The Morgan fingerprint density at radius 1 is 1.55 bits per heavy atom. The van der Waals surface area contributed by atoms with Crippen molar-refractivity contribution in [1.29, 1.82) is 0 Å². The molecule has 1 aromatic rings. The molecule has 0 amide bonds. The zero-order chi connectivity index (χ0) is 14.5. The molecule has 0 saturated carbocycles. The summed E-state index contributed by atoms with van der Waals surface area (Å²) in [6.45, 7) is 6.03. The Morgan fingerprint density at radius 2 is 2.35 bits per heavy atom. The minimum Gasteiger partial charge on any atom is -0.394 e. The van der Waals surface area contributed by atoms with Crippen molar-refractivity contribution in [2.45, 2.75) is 32.6 Å². The van der Waals surface area contributed by atoms with Gasteiger partial charge in [0, 0.05) is 19.2 Å². The molecule has 0 aromatic carbocycles. The van der Waals surface area contributed by atoms with E-state index in [1.165, 1.54) is 0 Å². The first-order chi connectivity index (χ1) is 9.63. The lowest BCUT2D eigenvalue weighted by atomic mass is 10.2. The highest BCUT2D eigenvalue weighted by molar-refractivity contribution is 6.29. The summed E-state index contributed by atoms with van der Waals surface area (Å²) in [5.74, 6) is 1.31. The first-order valence-electron chi connectivity index (χ1n) is 6.74. The van der Waals surface area contributed by atoms with Crippen molar-refractivity contribution in [3.8, 4) is 0 Å². The van der Waals surface area contributed by atoms with Gasteiger partial charge in [0.25, 0.3) is 0 Å². The lowest BCUT2D eigenvalue weighted by Gasteiger charge is -2.38. The second-order valence-corrected chi connectivity index (χ2v) is 5.13. The molecule has 2 heterocycles. The SMILES string of the molecule is CCOCc1nc(Cl)cc(N2CC(CO)OCC2C)n1. The zero-order valence-corrected chi connectivity index (χ0v) is 12.5. The van der Waals surface area contributed by atoms with E-state index in [1.54, 1.807) is 6.07 Å². The topological polar surface area (TPSA) is 67.7 Å². The van der Waals surface area contributed by atoms with Crippen molar-refractivity contribution >= 4 is 17.4 Å². The van der Waals surface area contributed by atoms with Crippen molar-refractivity contribution in [2.75, 3.05) is 31.3 Å². The predicted molar refractivity (Wildman–Crippen MR) is 76.0 cm³/mol. The second-order valence-electron chi connectivity index (χ2n) is 4.74. The Kier molecular flexibility index (Phi) is 5.54. The van der Waals surface area contributed by atoms with Gasteiger partial charge >= 0.3 is 0 Å². The highest BCUT2D eigenvalue weighted by atomic mass is 35.5. The summed E-state index contributed by atoms with van der Waals surface area (Å²) in [7, 11) is 0. The highest BCUT2D eigenvalue weighted by Gasteiger charge is 2.27. The minimum atomic E-state index is -0.199. The van der Waals surface area contributed by atoms with Gasteiger partial charge in [0.2, 0.25) is 0 Å². The number of rotatable bonds is 5. The van der Waals surface area contributed by atoms with E-state index in [4.69, 9.17) is 21.1 Å². The molecule has 1 N–H and O–H groups in total. The minimum absolute atomic E-state index is 0.00611. The van der Waals surface area contributed by atoms with Gasteiger partial charge in [0.1, 0.15) is 17.6 Å². The molecule has 1 fully saturated rings. The molecule has 2 atom stereocenters. The van der Waals surface area contributed by atoms with Crippen LogP contribution in [0.3, 0.4) is 0 Å². The molecule has 0 radical (unpaired) electrons. The van der Waals surface area contributed by atoms with Crippen LogP contribution in [0, 0.1) is 0 Å². The van der Waals surface area contributed by atoms with Crippen LogP contribution in [0.2, 0.25) is 5.15 Å². The smallest absolute Gasteiger partial charge is 0.158 e. The average Bonchev–Trinajstić information content (AvgIpc) is 2.45. The van der Waals surface area contributed by atoms with E-state index >= 15 is 0 Å². The van der Waals surface area contributed by atoms with E-state index in [0.29, 0.717) is 37.3 Å². The van der Waals surface area contributed by atoms with Crippen LogP contribution in [-0.2, 0) is 16.1 Å². The molecule has 6 nitrogen and oxygen atoms in total. The summed E-state index contributed by atoms with van der Waals surface area (Å²) in [5, 5.41) is 9.63. The lowest BCUT2D eigenvalue weighted by Crippen LogP contribution is -2.50. The van der Waals surface area contributed by atoms with Crippen LogP contribution >= 0.6 is 11.6 Å². The molecule has 1 aliphatic rings. The normalized spacial score (nSPS) is 23.1. The number of hydrogen-bond donors (Lipinski definition) is 1. The van der Waals surface area contributed by atoms with Gasteiger partial charge < -0.3 is 19.5 Å². The third-order valence-corrected chi connectivity index (χ3v) is 3.36. The van der Waals surface area contributed by atoms with E-state index in [2.05, 4.69) is 14.9 Å². The summed E-state index contributed by atoms with van der Waals surface area (Å²) in [4.78, 5) is 10.7. The van der Waals surface area contributed by atoms with Gasteiger partial charge in [-0.05, 0) is 13.8 Å². The quantitative estimate of drug-likeness (QED) is 0.826. The number of aliphatic hydroxyl groups is 1. The summed E-state index contributed by atoms with van der Waals surface area (Å²) < 4.78 is 10.8. The van der Waals surface area contributed by atoms with Crippen molar-refractivity contribution in [2.24, 2.45) is 0 Å². The number of ether oxygens (including phenoxy) is 2. The van der Waals surface area contributed by atoms with Gasteiger partial charge in [-0.25, -0.2) is 9.97 Å². The third kappa shape index (κ3) is 3.79. The molecular formula is C13H20ClN3O3. The summed E-state index contributed by atoms with van der Waals surface area (Å²) in [5.41, 5.74) is 0. The molecule has 7 heteroatoms. The Labute approximate surface area is 123 Å². The fraction of sp³-hybridized carbons (Fsp3) is 0.692. The van der Waals surface area contributed by atoms with Crippen molar-refractivity contribution < 1.29 is 14.6 Å². The molecule has 1 saturated heterocycles. The van der Waals surface area contributed by atoms with Crippen LogP contribution in [0.15, 0.2) is 6.07 Å². The Morgan fingerprint density at radius 3 is 3.05 bits per heavy atom. The van der Waals surface area contributed by atoms with Crippen LogP contribution in [0.4, 0.5) is 5.82 Å². The van der Waals surface area contributed by atoms with Crippen LogP contribution in [0.1, 0.15) is 19.7 Å². The first-order valence-corrected chi connectivity index (χ1v) is 7.12. The van der Waals surface area contributed by atoms with Crippen molar-refractivity contribution in [3.05, 3.63) is 17.0 Å². The highest BCUT2D eigenvalue weighted by Crippen LogP contribution is 2.22. The van der Waals surface area contributed by atoms with Crippen LogP contribution in [0.25, 0.3) is 0 Å². The van der Waals surface area contributed by atoms with E-state index < -0.39 is 0 Å². The number of aromatic nitrogens is 2. The molecule has 20 heavy (non-hydrogen) atoms. The summed E-state index contributed by atoms with van der Waals surface area (Å²) in [6.07, 6.45) is -0.199. The van der Waals surface area contributed by atoms with Gasteiger partial charge in [-0.3, -0.25) is 0 Å². The fourth-order valence-electron chi connectivity index (χ4n) is 2.10. The number of morpholine rings is 1. The maximum Gasteiger partial charge on any atom is 0.158 e. The molecule has 112 valence electrons. The number of anilines is 1. The largest absolute Gasteiger partial charge is 0.394 e. The van der Waals surface area contributed by atoms with Crippen LogP contribution < -0.4 is 4.90 Å². The first kappa shape index (κ1) is 15.4. The third-order valence-electron chi connectivity index (χ3n) is 3.17. The van der Waals surface area contributed by atoms with E-state index in [9.17, 15) is 5.11 Å². The Hall–Kier alpha value is -0.950. The van der Waals surface area contributed by atoms with Crippen molar-refractivity contribution in [1.82, 2.24) is 9.97 Å². The Balaban J connectivity index is 2.19. The maximum atomic E-state index is 9.24. The number of hydrogen-bond acceptors (Lipinski definition) is 6. The molecule has 0 aliphatic carbocycles. The number of aliphatic hydroxyl groups excluding tert-OH is 1. The Bertz CT molecular complexity index is 447. The van der Waals surface area contributed by atoms with E-state index in [0.717, 1.165) is 5.82 Å². The summed E-state index contributed by atoms with van der Waals surface area (Å²) >= 11 is 6.05. The summed E-state index contributed by atoms with van der Waals surface area (Å²) in [6, 6.07) is 1.90. The predicted octanol–water partition coefficient (Wildman–Crippen LogP) is 1.25. The number of halogens is 1. The lowest BCUT2D eigenvalue weighted by molar-refractivity contribution is -0.0106. The zero-order valence-electron chi connectivity index (χ0n) is 11.8. The molecule has 1 aromatic heterocycles. The molecule has 1 aliphatic heterocycles. The molecule has 0 bridgehead atoms. The van der Waals surface area contributed by atoms with E-state index in [1.807, 2.05) is 13.8 Å². The van der Waals surface area contributed by atoms with Gasteiger partial charge in [-0.2, -0.15) is 0 Å². The van der Waals surface area contributed by atoms with Gasteiger partial charge in [-0.15, -0.1) is 0 Å². The van der Waals surface area contributed by atoms with Gasteiger partial charge in [0.05, 0.1) is 25.4 Å². The number of nitrogens with zero attached hydrogens (tertiary/aromatic N) is 3. The average molecular weight is 302 g/mol. The molecular weight excluding hydrogens is 282 g/mol. The molecule has 2 unspecified atom stereocenters.